The molecule has 1 amide bonds. The zero-order valence-corrected chi connectivity index (χ0v) is 28.4. The highest BCUT2D eigenvalue weighted by Gasteiger charge is 2.23. The molecule has 50 heavy (non-hydrogen) atoms. The number of nitrogens with one attached hydrogen (secondary N) is 2. The van der Waals surface area contributed by atoms with E-state index in [0.29, 0.717) is 27.2 Å². The molecule has 0 radical (unpaired) electrons. The minimum absolute atomic E-state index is 0.116. The van der Waals surface area contributed by atoms with Crippen molar-refractivity contribution < 1.29 is 23.5 Å². The number of ether oxygens (including phenoxy) is 2. The molecule has 0 atom stereocenters. The van der Waals surface area contributed by atoms with Crippen LogP contribution in [0.4, 0.5) is 15.9 Å². The number of carbonyl (C=O) groups is 2. The molecule has 1 aromatic carbocycles. The molecule has 0 fully saturated rings. The average Bonchev–Trinajstić information content (AvgIpc) is 3.48. The van der Waals surface area contributed by atoms with Crippen LogP contribution in [-0.4, -0.2) is 44.4 Å². The Kier molecular flexibility index (Phi) is 10.1. The summed E-state index contributed by atoms with van der Waals surface area (Å²) in [5, 5.41) is 10.9. The first-order valence-corrected chi connectivity index (χ1v) is 16.7. The largest absolute Gasteiger partial charge is 0.476 e. The number of aryl methyl sites for hydroxylation is 3. The first-order chi connectivity index (χ1) is 24.1. The smallest absolute Gasteiger partial charge is 0.302 e. The molecular formula is C36H33FN6O6S. The summed E-state index contributed by atoms with van der Waals surface area (Å²) in [4.78, 5) is 56.3. The van der Waals surface area contributed by atoms with Gasteiger partial charge in [-0.15, -0.1) is 11.3 Å². The van der Waals surface area contributed by atoms with Gasteiger partial charge in [-0.2, -0.15) is 14.8 Å². The standard InChI is InChI=1S/C36H33FN6O6S/c1-4-8-32(45)38-13-14-48-33-12-7-11-31(41-33)40-28-15-22(19-42(3)35(28)46)25-16-23(37)17-29(27(25)20-49-21(2)44)43-36(47)34-26(18-39-43)24-9-5-6-10-30(24)50-34/h7,11-12,15-19H,5-6,9-10,13-14,20H2,1-3H3,(H,38,45)(H,40,41). The van der Waals surface area contributed by atoms with Gasteiger partial charge >= 0.3 is 5.97 Å². The van der Waals surface area contributed by atoms with E-state index in [-0.39, 0.29) is 37.0 Å². The molecular weight excluding hydrogens is 663 g/mol. The number of hydrogen-bond acceptors (Lipinski definition) is 10. The maximum atomic E-state index is 15.5. The predicted molar refractivity (Wildman–Crippen MR) is 187 cm³/mol. The van der Waals surface area contributed by atoms with Crippen LogP contribution in [0.3, 0.4) is 0 Å². The molecule has 0 bridgehead atoms. The lowest BCUT2D eigenvalue weighted by Gasteiger charge is -2.18. The molecule has 1 aliphatic rings. The number of benzene rings is 1. The highest BCUT2D eigenvalue weighted by Crippen LogP contribution is 2.36. The Balaban J connectivity index is 1.37. The van der Waals surface area contributed by atoms with Gasteiger partial charge in [-0.25, -0.2) is 4.39 Å². The zero-order valence-electron chi connectivity index (χ0n) is 27.6. The van der Waals surface area contributed by atoms with Crippen molar-refractivity contribution >= 4 is 44.8 Å². The lowest BCUT2D eigenvalue weighted by Crippen LogP contribution is -2.26. The van der Waals surface area contributed by atoms with Crippen molar-refractivity contribution in [3.63, 3.8) is 0 Å². The molecule has 4 aromatic heterocycles. The first kappa shape index (κ1) is 34.1. The quantitative estimate of drug-likeness (QED) is 0.122. The van der Waals surface area contributed by atoms with Gasteiger partial charge in [0.05, 0.1) is 18.4 Å². The summed E-state index contributed by atoms with van der Waals surface area (Å²) in [5.74, 6) is 3.80. The number of esters is 1. The number of halogens is 1. The molecule has 12 nitrogen and oxygen atoms in total. The molecule has 5 aromatic rings. The van der Waals surface area contributed by atoms with E-state index < -0.39 is 28.8 Å². The van der Waals surface area contributed by atoms with E-state index in [9.17, 15) is 19.2 Å². The second-order valence-electron chi connectivity index (χ2n) is 11.6. The number of pyridine rings is 2. The van der Waals surface area contributed by atoms with Crippen LogP contribution in [0.2, 0.25) is 0 Å². The van der Waals surface area contributed by atoms with E-state index in [0.717, 1.165) is 41.3 Å². The summed E-state index contributed by atoms with van der Waals surface area (Å²) in [6, 6.07) is 8.93. The summed E-state index contributed by atoms with van der Waals surface area (Å²) >= 11 is 1.44. The van der Waals surface area contributed by atoms with Crippen molar-refractivity contribution in [2.45, 2.75) is 46.1 Å². The second-order valence-corrected chi connectivity index (χ2v) is 12.7. The Morgan fingerprint density at radius 1 is 1.12 bits per heavy atom. The van der Waals surface area contributed by atoms with Crippen molar-refractivity contribution in [1.29, 1.82) is 0 Å². The highest BCUT2D eigenvalue weighted by molar-refractivity contribution is 7.19. The number of anilines is 2. The second kappa shape index (κ2) is 14.8. The molecule has 0 spiro atoms. The first-order valence-electron chi connectivity index (χ1n) is 15.9. The molecule has 0 aliphatic heterocycles. The minimum Gasteiger partial charge on any atom is -0.476 e. The van der Waals surface area contributed by atoms with Crippen LogP contribution in [0, 0.1) is 17.7 Å². The molecule has 14 heteroatoms. The van der Waals surface area contributed by atoms with Crippen molar-refractivity contribution in [2.24, 2.45) is 7.05 Å². The number of carbonyl (C=O) groups excluding carboxylic acids is 2. The minimum atomic E-state index is -0.659. The van der Waals surface area contributed by atoms with E-state index >= 15 is 4.39 Å². The Labute approximate surface area is 289 Å². The van der Waals surface area contributed by atoms with Gasteiger partial charge in [-0.3, -0.25) is 19.2 Å². The Morgan fingerprint density at radius 2 is 1.94 bits per heavy atom. The molecule has 4 heterocycles. The monoisotopic (exact) mass is 696 g/mol. The van der Waals surface area contributed by atoms with Crippen LogP contribution in [-0.2, 0) is 40.8 Å². The van der Waals surface area contributed by atoms with Crippen molar-refractivity contribution in [2.75, 3.05) is 18.5 Å². The third kappa shape index (κ3) is 7.28. The van der Waals surface area contributed by atoms with Crippen LogP contribution in [0.25, 0.3) is 26.9 Å². The van der Waals surface area contributed by atoms with Crippen molar-refractivity contribution in [3.05, 3.63) is 91.3 Å². The molecule has 6 rings (SSSR count). The topological polar surface area (TPSA) is 146 Å². The number of amides is 1. The third-order valence-corrected chi connectivity index (χ3v) is 9.39. The molecule has 1 aliphatic carbocycles. The summed E-state index contributed by atoms with van der Waals surface area (Å²) in [5.41, 5.74) is 1.61. The van der Waals surface area contributed by atoms with Crippen molar-refractivity contribution in [1.82, 2.24) is 24.6 Å². The summed E-state index contributed by atoms with van der Waals surface area (Å²) < 4.78 is 29.6. The number of rotatable bonds is 10. The van der Waals surface area contributed by atoms with E-state index in [1.807, 2.05) is 0 Å². The molecule has 2 N–H and O–H groups in total. The fourth-order valence-corrected chi connectivity index (χ4v) is 7.13. The normalized spacial score (nSPS) is 12.1. The maximum Gasteiger partial charge on any atom is 0.302 e. The van der Waals surface area contributed by atoms with Gasteiger partial charge < -0.3 is 24.7 Å². The van der Waals surface area contributed by atoms with E-state index in [2.05, 4.69) is 32.6 Å². The van der Waals surface area contributed by atoms with Gasteiger partial charge in [0, 0.05) is 53.7 Å². The van der Waals surface area contributed by atoms with Gasteiger partial charge in [-0.1, -0.05) is 12.0 Å². The fourth-order valence-electron chi connectivity index (χ4n) is 5.85. The molecule has 0 saturated carbocycles. The average molecular weight is 697 g/mol. The molecule has 0 unspecified atom stereocenters. The SMILES string of the molecule is CC#CC(=O)NCCOc1cccc(Nc2cc(-c3cc(F)cc(-n4ncc5c6c(sc5c4=O)CCCC6)c3COC(C)=O)cn(C)c2=O)n1. The summed E-state index contributed by atoms with van der Waals surface area (Å²) in [7, 11) is 1.55. The Morgan fingerprint density at radius 3 is 2.74 bits per heavy atom. The highest BCUT2D eigenvalue weighted by atomic mass is 32.1. The summed E-state index contributed by atoms with van der Waals surface area (Å²) in [6.45, 7) is 2.89. The van der Waals surface area contributed by atoms with Gasteiger partial charge in [-0.05, 0) is 67.9 Å². The van der Waals surface area contributed by atoms with E-state index in [1.54, 1.807) is 38.4 Å². The van der Waals surface area contributed by atoms with Crippen LogP contribution in [0.1, 0.15) is 42.7 Å². The van der Waals surface area contributed by atoms with Gasteiger partial charge in [0.25, 0.3) is 17.0 Å². The molecule has 256 valence electrons. The lowest BCUT2D eigenvalue weighted by atomic mass is 9.97. The van der Waals surface area contributed by atoms with Gasteiger partial charge in [0.15, 0.2) is 0 Å². The van der Waals surface area contributed by atoms with Crippen LogP contribution in [0.15, 0.2) is 58.4 Å². The summed E-state index contributed by atoms with van der Waals surface area (Å²) in [6.07, 6.45) is 7.06. The van der Waals surface area contributed by atoms with E-state index in [1.165, 1.54) is 52.1 Å². The number of nitrogens with zero attached hydrogens (tertiary/aromatic N) is 4. The Hall–Kier alpha value is -5.81. The fraction of sp³-hybridized carbons (Fsp3) is 0.278. The number of aromatic nitrogens is 4. The van der Waals surface area contributed by atoms with Crippen LogP contribution in [0.5, 0.6) is 5.88 Å². The van der Waals surface area contributed by atoms with Crippen LogP contribution >= 0.6 is 11.3 Å². The third-order valence-electron chi connectivity index (χ3n) is 8.10. The zero-order chi connectivity index (χ0) is 35.4. The van der Waals surface area contributed by atoms with Gasteiger partial charge in [0.2, 0.25) is 5.88 Å². The van der Waals surface area contributed by atoms with E-state index in [4.69, 9.17) is 9.47 Å². The Bertz CT molecular complexity index is 2320. The maximum absolute atomic E-state index is 15.5. The van der Waals surface area contributed by atoms with Crippen molar-refractivity contribution in [3.8, 4) is 34.5 Å². The number of fused-ring (bicyclic) bond motifs is 3. The lowest BCUT2D eigenvalue weighted by molar-refractivity contribution is -0.142. The predicted octanol–water partition coefficient (Wildman–Crippen LogP) is 4.55. The molecule has 0 saturated heterocycles. The number of hydrogen-bond donors (Lipinski definition) is 2. The van der Waals surface area contributed by atoms with Gasteiger partial charge in [0.1, 0.15) is 35.2 Å². The number of thiophene rings is 1. The van der Waals surface area contributed by atoms with Crippen LogP contribution < -0.4 is 26.5 Å².